The number of carbonyl (C=O) groups is 2. The molecule has 9 heteroatoms. The van der Waals surface area contributed by atoms with E-state index in [0.29, 0.717) is 43.2 Å². The molecule has 144 valence electrons. The molecule has 0 saturated carbocycles. The number of rotatable bonds is 5. The Labute approximate surface area is 159 Å². The lowest BCUT2D eigenvalue weighted by atomic mass is 10.1. The van der Waals surface area contributed by atoms with Gasteiger partial charge in [-0.2, -0.15) is 0 Å². The minimum absolute atomic E-state index is 0.114. The van der Waals surface area contributed by atoms with Crippen molar-refractivity contribution in [3.8, 4) is 0 Å². The second-order valence-electron chi connectivity index (χ2n) is 6.43. The Balaban J connectivity index is 1.95. The fraction of sp³-hybridized carbons (Fsp3) is 0.529. The molecular formula is C17H24ClN3O4S. The second kappa shape index (κ2) is 8.83. The van der Waals surface area contributed by atoms with Gasteiger partial charge in [-0.05, 0) is 31.4 Å². The highest BCUT2D eigenvalue weighted by atomic mass is 35.5. The van der Waals surface area contributed by atoms with Crippen LogP contribution in [0.15, 0.2) is 18.2 Å². The van der Waals surface area contributed by atoms with Gasteiger partial charge in [0.15, 0.2) is 0 Å². The van der Waals surface area contributed by atoms with E-state index in [9.17, 15) is 18.0 Å². The average molecular weight is 402 g/mol. The lowest BCUT2D eigenvalue weighted by molar-refractivity contribution is -0.131. The molecule has 26 heavy (non-hydrogen) atoms. The first kappa shape index (κ1) is 20.7. The number of sulfonamides is 1. The number of halogens is 1. The van der Waals surface area contributed by atoms with Gasteiger partial charge in [-0.25, -0.2) is 13.6 Å². The van der Waals surface area contributed by atoms with Gasteiger partial charge in [0.25, 0.3) is 5.91 Å². The fourth-order valence-electron chi connectivity index (χ4n) is 3.01. The largest absolute Gasteiger partial charge is 0.341 e. The molecule has 1 saturated heterocycles. The molecule has 1 aliphatic rings. The van der Waals surface area contributed by atoms with E-state index < -0.39 is 10.0 Å². The summed E-state index contributed by atoms with van der Waals surface area (Å²) < 4.78 is 21.9. The Morgan fingerprint density at radius 3 is 2.46 bits per heavy atom. The molecule has 0 unspecified atom stereocenters. The molecule has 0 atom stereocenters. The number of primary sulfonamides is 1. The lowest BCUT2D eigenvalue weighted by Gasteiger charge is -2.23. The zero-order valence-electron chi connectivity index (χ0n) is 14.8. The van der Waals surface area contributed by atoms with Gasteiger partial charge in [0, 0.05) is 32.6 Å². The summed E-state index contributed by atoms with van der Waals surface area (Å²) in [6.45, 7) is 3.77. The maximum Gasteiger partial charge on any atom is 0.255 e. The van der Waals surface area contributed by atoms with Crippen LogP contribution in [0.5, 0.6) is 0 Å². The number of carbonyl (C=O) groups excluding carboxylic acids is 2. The molecule has 1 aliphatic heterocycles. The van der Waals surface area contributed by atoms with Crippen LogP contribution in [0.25, 0.3) is 0 Å². The molecule has 0 bridgehead atoms. The summed E-state index contributed by atoms with van der Waals surface area (Å²) in [4.78, 5) is 28.5. The smallest absolute Gasteiger partial charge is 0.255 e. The first-order valence-electron chi connectivity index (χ1n) is 8.51. The van der Waals surface area contributed by atoms with Crippen molar-refractivity contribution in [1.29, 1.82) is 0 Å². The third-order valence-electron chi connectivity index (χ3n) is 4.39. The number of nitrogens with zero attached hydrogens (tertiary/aromatic N) is 2. The van der Waals surface area contributed by atoms with Gasteiger partial charge >= 0.3 is 0 Å². The first-order valence-corrected chi connectivity index (χ1v) is 10.6. The Morgan fingerprint density at radius 2 is 1.81 bits per heavy atom. The van der Waals surface area contributed by atoms with Gasteiger partial charge in [0.1, 0.15) is 0 Å². The Bertz CT molecular complexity index is 762. The number of benzene rings is 1. The van der Waals surface area contributed by atoms with Crippen LogP contribution in [0.4, 0.5) is 0 Å². The molecule has 0 radical (unpaired) electrons. The Hall–Kier alpha value is -1.64. The van der Waals surface area contributed by atoms with Crippen LogP contribution in [-0.4, -0.2) is 62.0 Å². The maximum atomic E-state index is 12.8. The van der Waals surface area contributed by atoms with E-state index in [1.165, 1.54) is 0 Å². The minimum atomic E-state index is -3.55. The second-order valence-corrected chi connectivity index (χ2v) is 8.57. The van der Waals surface area contributed by atoms with E-state index in [0.717, 1.165) is 5.56 Å². The number of hydrogen-bond donors (Lipinski definition) is 1. The van der Waals surface area contributed by atoms with Crippen molar-refractivity contribution in [3.05, 3.63) is 34.3 Å². The summed E-state index contributed by atoms with van der Waals surface area (Å²) in [6.07, 6.45) is 1.000. The van der Waals surface area contributed by atoms with E-state index in [1.807, 2.05) is 13.0 Å². The molecule has 2 rings (SSSR count). The molecule has 7 nitrogen and oxygen atoms in total. The Morgan fingerprint density at radius 1 is 1.15 bits per heavy atom. The SMILES string of the molecule is Cc1cccc(Cl)c1C(=O)N1CCCN(C(=O)CCCS(N)(=O)=O)CC1. The molecule has 1 aromatic rings. The van der Waals surface area contributed by atoms with Crippen LogP contribution >= 0.6 is 11.6 Å². The van der Waals surface area contributed by atoms with Crippen molar-refractivity contribution >= 4 is 33.4 Å². The number of amides is 2. The van der Waals surface area contributed by atoms with Crippen molar-refractivity contribution < 1.29 is 18.0 Å². The van der Waals surface area contributed by atoms with Gasteiger partial charge in [-0.1, -0.05) is 23.7 Å². The molecule has 2 amide bonds. The average Bonchev–Trinajstić information content (AvgIpc) is 2.79. The molecule has 0 aromatic heterocycles. The summed E-state index contributed by atoms with van der Waals surface area (Å²) in [5, 5.41) is 5.37. The summed E-state index contributed by atoms with van der Waals surface area (Å²) in [5.41, 5.74) is 1.32. The van der Waals surface area contributed by atoms with Crippen molar-refractivity contribution in [1.82, 2.24) is 9.80 Å². The van der Waals surface area contributed by atoms with Crippen LogP contribution in [-0.2, 0) is 14.8 Å². The third-order valence-corrected chi connectivity index (χ3v) is 5.56. The number of hydrogen-bond acceptors (Lipinski definition) is 4. The Kier molecular flexibility index (Phi) is 7.02. The van der Waals surface area contributed by atoms with Crippen molar-refractivity contribution in [2.24, 2.45) is 5.14 Å². The van der Waals surface area contributed by atoms with Crippen LogP contribution in [0, 0.1) is 6.92 Å². The molecule has 1 aromatic carbocycles. The number of aryl methyl sites for hydroxylation is 1. The maximum absolute atomic E-state index is 12.8. The molecule has 0 aliphatic carbocycles. The fourth-order valence-corrected chi connectivity index (χ4v) is 3.86. The van der Waals surface area contributed by atoms with E-state index in [2.05, 4.69) is 0 Å². The molecule has 0 spiro atoms. The predicted molar refractivity (Wildman–Crippen MR) is 100 cm³/mol. The van der Waals surface area contributed by atoms with Gasteiger partial charge in [-0.15, -0.1) is 0 Å². The topological polar surface area (TPSA) is 101 Å². The van der Waals surface area contributed by atoms with Gasteiger partial charge in [-0.3, -0.25) is 9.59 Å². The van der Waals surface area contributed by atoms with E-state index >= 15 is 0 Å². The summed E-state index contributed by atoms with van der Waals surface area (Å²) in [5.74, 6) is -0.448. The van der Waals surface area contributed by atoms with Crippen molar-refractivity contribution in [3.63, 3.8) is 0 Å². The summed E-state index contributed by atoms with van der Waals surface area (Å²) in [7, 11) is -3.55. The molecule has 2 N–H and O–H groups in total. The standard InChI is InChI=1S/C17H24ClN3O4S/c1-13-5-2-6-14(18)16(13)17(23)21-9-4-8-20(10-11-21)15(22)7-3-12-26(19,24)25/h2,5-6H,3-4,7-12H2,1H3,(H2,19,24,25). The van der Waals surface area contributed by atoms with Crippen LogP contribution in [0.1, 0.15) is 35.2 Å². The van der Waals surface area contributed by atoms with Crippen LogP contribution in [0.3, 0.4) is 0 Å². The lowest BCUT2D eigenvalue weighted by Crippen LogP contribution is -2.37. The monoisotopic (exact) mass is 401 g/mol. The highest BCUT2D eigenvalue weighted by molar-refractivity contribution is 7.89. The van der Waals surface area contributed by atoms with E-state index in [1.54, 1.807) is 21.9 Å². The quantitative estimate of drug-likeness (QED) is 0.805. The first-order chi connectivity index (χ1) is 12.2. The minimum Gasteiger partial charge on any atom is -0.341 e. The summed E-state index contributed by atoms with van der Waals surface area (Å²) in [6, 6.07) is 5.35. The highest BCUT2D eigenvalue weighted by Crippen LogP contribution is 2.22. The van der Waals surface area contributed by atoms with Crippen molar-refractivity contribution in [2.45, 2.75) is 26.2 Å². The molecule has 1 fully saturated rings. The third kappa shape index (κ3) is 5.69. The zero-order valence-corrected chi connectivity index (χ0v) is 16.4. The van der Waals surface area contributed by atoms with E-state index in [-0.39, 0.29) is 30.4 Å². The zero-order chi connectivity index (χ0) is 19.3. The number of nitrogens with two attached hydrogens (primary N) is 1. The summed E-state index contributed by atoms with van der Waals surface area (Å²) >= 11 is 6.19. The highest BCUT2D eigenvalue weighted by Gasteiger charge is 2.24. The van der Waals surface area contributed by atoms with Gasteiger partial charge in [0.2, 0.25) is 15.9 Å². The molecule has 1 heterocycles. The van der Waals surface area contributed by atoms with E-state index in [4.69, 9.17) is 16.7 Å². The van der Waals surface area contributed by atoms with Crippen molar-refractivity contribution in [2.75, 3.05) is 31.9 Å². The van der Waals surface area contributed by atoms with Crippen LogP contribution in [0.2, 0.25) is 5.02 Å². The predicted octanol–water partition coefficient (Wildman–Crippen LogP) is 1.39. The normalized spacial score (nSPS) is 15.7. The van der Waals surface area contributed by atoms with Gasteiger partial charge < -0.3 is 9.80 Å². The van der Waals surface area contributed by atoms with Gasteiger partial charge in [0.05, 0.1) is 16.3 Å². The molecular weight excluding hydrogens is 378 g/mol. The van der Waals surface area contributed by atoms with Crippen LogP contribution < -0.4 is 5.14 Å².